The van der Waals surface area contributed by atoms with Crippen LogP contribution in [0.2, 0.25) is 0 Å². The van der Waals surface area contributed by atoms with Gasteiger partial charge in [-0.1, -0.05) is 50.2 Å². The highest BCUT2D eigenvalue weighted by molar-refractivity contribution is 6.00. The number of hydrogen-bond donors (Lipinski definition) is 3. The quantitative estimate of drug-likeness (QED) is 0.181. The van der Waals surface area contributed by atoms with Crippen molar-refractivity contribution in [2.45, 2.75) is 77.4 Å². The summed E-state index contributed by atoms with van der Waals surface area (Å²) < 4.78 is 19.6. The van der Waals surface area contributed by atoms with Crippen LogP contribution in [0.1, 0.15) is 93.2 Å². The van der Waals surface area contributed by atoms with E-state index in [0.29, 0.717) is 37.7 Å². The number of likely N-dealkylation sites (tertiary alicyclic amines) is 1. The number of aryl methyl sites for hydroxylation is 1. The topological polar surface area (TPSA) is 121 Å². The van der Waals surface area contributed by atoms with Crippen LogP contribution in [0, 0.1) is 6.92 Å². The SMILES string of the molecule is Cc1coc([C@H]2CCCN2C(=O)c2cc(CF)cc(C(=O)N[C@@H](Cc3ccccc3)[C@H](O)CNCc3cncc(C(C)C)c3)c2)n1. The zero-order valence-corrected chi connectivity index (χ0v) is 26.6. The number of aliphatic hydroxyl groups is 1. The molecular weight excluding hydrogens is 585 g/mol. The Morgan fingerprint density at radius 1 is 1.07 bits per heavy atom. The third kappa shape index (κ3) is 8.24. The van der Waals surface area contributed by atoms with Gasteiger partial charge in [0.05, 0.1) is 17.8 Å². The highest BCUT2D eigenvalue weighted by Crippen LogP contribution is 2.33. The van der Waals surface area contributed by atoms with Gasteiger partial charge >= 0.3 is 0 Å². The molecule has 3 atom stereocenters. The Bertz CT molecular complexity index is 1630. The number of pyridine rings is 1. The van der Waals surface area contributed by atoms with Crippen LogP contribution in [-0.2, 0) is 19.6 Å². The van der Waals surface area contributed by atoms with E-state index in [0.717, 1.165) is 28.8 Å². The van der Waals surface area contributed by atoms with E-state index in [1.165, 1.54) is 18.2 Å². The fraction of sp³-hybridized carbons (Fsp3) is 0.389. The van der Waals surface area contributed by atoms with Crippen LogP contribution in [0.15, 0.2) is 77.7 Å². The van der Waals surface area contributed by atoms with Crippen molar-refractivity contribution in [1.29, 1.82) is 0 Å². The summed E-state index contributed by atoms with van der Waals surface area (Å²) in [6.07, 6.45) is 6.12. The van der Waals surface area contributed by atoms with Crippen molar-refractivity contribution in [1.82, 2.24) is 25.5 Å². The molecule has 2 amide bonds. The number of aromatic nitrogens is 2. The molecule has 4 aromatic rings. The number of nitrogens with one attached hydrogen (secondary N) is 2. The van der Waals surface area contributed by atoms with Crippen LogP contribution in [-0.4, -0.2) is 57.0 Å². The number of hydrogen-bond acceptors (Lipinski definition) is 7. The number of benzene rings is 2. The van der Waals surface area contributed by atoms with Gasteiger partial charge in [-0.2, -0.15) is 0 Å². The standard InChI is InChI=1S/C36H42FN5O4/c1-23(2)30-14-27(18-38-20-30)19-39-21-33(43)31(15-25-8-5-4-6-9-25)41-34(44)28-12-26(17-37)13-29(16-28)36(45)42-11-7-10-32(42)35-40-24(3)22-46-35/h4-6,8-9,12-14,16,18,20,22-23,31-33,39,43H,7,10-11,15,17,19,21H2,1-3H3,(H,41,44)/t31-,32+,33+/m0/s1. The number of alkyl halides is 1. The fourth-order valence-corrected chi connectivity index (χ4v) is 5.81. The molecule has 0 bridgehead atoms. The summed E-state index contributed by atoms with van der Waals surface area (Å²) in [5.41, 5.74) is 4.39. The minimum atomic E-state index is -0.939. The Balaban J connectivity index is 1.32. The minimum Gasteiger partial charge on any atom is -0.446 e. The van der Waals surface area contributed by atoms with Crippen molar-refractivity contribution >= 4 is 11.8 Å². The van der Waals surface area contributed by atoms with E-state index in [1.54, 1.807) is 17.4 Å². The highest BCUT2D eigenvalue weighted by atomic mass is 19.1. The molecule has 5 rings (SSSR count). The number of carbonyl (C=O) groups excluding carboxylic acids is 2. The molecule has 0 saturated carbocycles. The molecule has 1 saturated heterocycles. The molecular formula is C36H42FN5O4. The predicted molar refractivity (Wildman–Crippen MR) is 173 cm³/mol. The molecule has 9 nitrogen and oxygen atoms in total. The van der Waals surface area contributed by atoms with Gasteiger partial charge in [-0.3, -0.25) is 14.6 Å². The van der Waals surface area contributed by atoms with Gasteiger partial charge in [0.25, 0.3) is 11.8 Å². The average molecular weight is 628 g/mol. The Morgan fingerprint density at radius 2 is 1.85 bits per heavy atom. The second-order valence-electron chi connectivity index (χ2n) is 12.3. The lowest BCUT2D eigenvalue weighted by atomic mass is 9.99. The van der Waals surface area contributed by atoms with Crippen LogP contribution in [0.4, 0.5) is 4.39 Å². The van der Waals surface area contributed by atoms with Gasteiger partial charge < -0.3 is 25.1 Å². The third-order valence-corrected chi connectivity index (χ3v) is 8.34. The van der Waals surface area contributed by atoms with Gasteiger partial charge in [-0.25, -0.2) is 9.37 Å². The molecule has 46 heavy (non-hydrogen) atoms. The van der Waals surface area contributed by atoms with E-state index in [2.05, 4.69) is 40.5 Å². The first-order valence-electron chi connectivity index (χ1n) is 15.8. The van der Waals surface area contributed by atoms with Crippen LogP contribution >= 0.6 is 0 Å². The maximum Gasteiger partial charge on any atom is 0.254 e. The molecule has 1 aliphatic heterocycles. The summed E-state index contributed by atoms with van der Waals surface area (Å²) in [4.78, 5) is 37.8. The summed E-state index contributed by atoms with van der Waals surface area (Å²) in [6, 6.07) is 15.1. The van der Waals surface area contributed by atoms with E-state index in [1.807, 2.05) is 43.5 Å². The zero-order chi connectivity index (χ0) is 32.6. The predicted octanol–water partition coefficient (Wildman–Crippen LogP) is 5.44. The van der Waals surface area contributed by atoms with Crippen LogP contribution < -0.4 is 10.6 Å². The second-order valence-corrected chi connectivity index (χ2v) is 12.3. The van der Waals surface area contributed by atoms with Gasteiger partial charge in [0.2, 0.25) is 5.89 Å². The first-order chi connectivity index (χ1) is 22.2. The summed E-state index contributed by atoms with van der Waals surface area (Å²) in [7, 11) is 0. The van der Waals surface area contributed by atoms with Crippen LogP contribution in [0.3, 0.4) is 0 Å². The Hall–Kier alpha value is -4.41. The summed E-state index contributed by atoms with van der Waals surface area (Å²) in [5.74, 6) is 0.00532. The molecule has 2 aromatic heterocycles. The Labute approximate surface area is 269 Å². The molecule has 3 N–H and O–H groups in total. The molecule has 3 heterocycles. The summed E-state index contributed by atoms with van der Waals surface area (Å²) in [5, 5.41) is 17.5. The number of halogens is 1. The first kappa shape index (κ1) is 33.0. The van der Waals surface area contributed by atoms with Crippen molar-refractivity contribution in [2.24, 2.45) is 0 Å². The van der Waals surface area contributed by atoms with Crippen LogP contribution in [0.25, 0.3) is 0 Å². The molecule has 242 valence electrons. The van der Waals surface area contributed by atoms with Crippen molar-refractivity contribution in [3.05, 3.63) is 118 Å². The van der Waals surface area contributed by atoms with Gasteiger partial charge in [0.1, 0.15) is 19.0 Å². The van der Waals surface area contributed by atoms with E-state index >= 15 is 0 Å². The normalized spacial score (nSPS) is 16.0. The van der Waals surface area contributed by atoms with Gasteiger partial charge in [-0.15, -0.1) is 0 Å². The number of carbonyl (C=O) groups is 2. The Morgan fingerprint density at radius 3 is 2.57 bits per heavy atom. The lowest BCUT2D eigenvalue weighted by Crippen LogP contribution is -2.48. The number of rotatable bonds is 13. The highest BCUT2D eigenvalue weighted by Gasteiger charge is 2.34. The molecule has 0 spiro atoms. The minimum absolute atomic E-state index is 0.149. The molecule has 0 aliphatic carbocycles. The number of amides is 2. The lowest BCUT2D eigenvalue weighted by Gasteiger charge is -2.25. The molecule has 0 unspecified atom stereocenters. The summed E-state index contributed by atoms with van der Waals surface area (Å²) >= 11 is 0. The zero-order valence-electron chi connectivity index (χ0n) is 26.6. The third-order valence-electron chi connectivity index (χ3n) is 8.34. The van der Waals surface area contributed by atoms with Gasteiger partial charge in [0.15, 0.2) is 0 Å². The largest absolute Gasteiger partial charge is 0.446 e. The van der Waals surface area contributed by atoms with Crippen LogP contribution in [0.5, 0.6) is 0 Å². The lowest BCUT2D eigenvalue weighted by molar-refractivity contribution is 0.0715. The van der Waals surface area contributed by atoms with E-state index in [9.17, 15) is 19.1 Å². The molecule has 0 radical (unpaired) electrons. The fourth-order valence-electron chi connectivity index (χ4n) is 5.81. The van der Waals surface area contributed by atoms with Crippen molar-refractivity contribution in [2.75, 3.05) is 13.1 Å². The smallest absolute Gasteiger partial charge is 0.254 e. The first-order valence-corrected chi connectivity index (χ1v) is 15.8. The average Bonchev–Trinajstić information content (AvgIpc) is 3.73. The van der Waals surface area contributed by atoms with Crippen molar-refractivity contribution in [3.63, 3.8) is 0 Å². The molecule has 1 aliphatic rings. The summed E-state index contributed by atoms with van der Waals surface area (Å²) in [6.45, 7) is 6.43. The van der Waals surface area contributed by atoms with E-state index in [-0.39, 0.29) is 35.2 Å². The van der Waals surface area contributed by atoms with E-state index in [4.69, 9.17) is 4.42 Å². The van der Waals surface area contributed by atoms with Crippen molar-refractivity contribution in [3.8, 4) is 0 Å². The monoisotopic (exact) mass is 627 g/mol. The second kappa shape index (κ2) is 15.2. The van der Waals surface area contributed by atoms with Gasteiger partial charge in [-0.05, 0) is 72.6 Å². The molecule has 1 fully saturated rings. The van der Waals surface area contributed by atoms with E-state index < -0.39 is 24.7 Å². The molecule has 2 aromatic carbocycles. The maximum atomic E-state index is 14.0. The Kier molecular flexibility index (Phi) is 10.9. The number of nitrogens with zero attached hydrogens (tertiary/aromatic N) is 3. The molecule has 10 heteroatoms. The number of aliphatic hydroxyl groups excluding tert-OH is 1. The van der Waals surface area contributed by atoms with Crippen molar-refractivity contribution < 1.29 is 23.5 Å². The number of oxazole rings is 1. The van der Waals surface area contributed by atoms with Gasteiger partial charge in [0, 0.05) is 43.2 Å². The maximum absolute atomic E-state index is 14.0.